The van der Waals surface area contributed by atoms with Crippen LogP contribution in [-0.2, 0) is 19.8 Å². The van der Waals surface area contributed by atoms with Crippen LogP contribution in [0.1, 0.15) is 24.0 Å². The van der Waals surface area contributed by atoms with Gasteiger partial charge in [0.1, 0.15) is 0 Å². The number of nitrogens with zero attached hydrogens (tertiary/aromatic N) is 2. The van der Waals surface area contributed by atoms with Crippen molar-refractivity contribution in [2.24, 2.45) is 0 Å². The standard InChI is InChI=1S/C17H22N2O4/c1-12-6-4-5-7-13(12)17(11-15(21)22)10-14(20)19(16(17)23)9-8-18(2)3/h4-7H,8-11H2,1-3H3,(H,21,22)/t17-/m0/s1. The third-order valence-corrected chi connectivity index (χ3v) is 4.29. The highest BCUT2D eigenvalue weighted by Gasteiger charge is 2.54. The summed E-state index contributed by atoms with van der Waals surface area (Å²) in [7, 11) is 3.72. The van der Waals surface area contributed by atoms with Crippen LogP contribution in [0, 0.1) is 6.92 Å². The first-order chi connectivity index (χ1) is 10.8. The molecule has 0 radical (unpaired) electrons. The predicted octanol–water partition coefficient (Wildman–Crippen LogP) is 1.03. The van der Waals surface area contributed by atoms with E-state index in [-0.39, 0.29) is 25.3 Å². The predicted molar refractivity (Wildman–Crippen MR) is 85.0 cm³/mol. The summed E-state index contributed by atoms with van der Waals surface area (Å²) in [6.07, 6.45) is -0.461. The quantitative estimate of drug-likeness (QED) is 0.793. The molecule has 0 unspecified atom stereocenters. The van der Waals surface area contributed by atoms with Gasteiger partial charge in [-0.25, -0.2) is 0 Å². The Kier molecular flexibility index (Phi) is 4.85. The van der Waals surface area contributed by atoms with Gasteiger partial charge in [-0.05, 0) is 32.1 Å². The zero-order chi connectivity index (χ0) is 17.2. The highest BCUT2D eigenvalue weighted by atomic mass is 16.4. The summed E-state index contributed by atoms with van der Waals surface area (Å²) >= 11 is 0. The first-order valence-corrected chi connectivity index (χ1v) is 7.55. The summed E-state index contributed by atoms with van der Waals surface area (Å²) in [4.78, 5) is 39.8. The van der Waals surface area contributed by atoms with Gasteiger partial charge in [-0.2, -0.15) is 0 Å². The molecule has 6 heteroatoms. The minimum Gasteiger partial charge on any atom is -0.481 e. The molecule has 1 fully saturated rings. The van der Waals surface area contributed by atoms with E-state index in [0.29, 0.717) is 12.1 Å². The summed E-state index contributed by atoms with van der Waals surface area (Å²) in [6.45, 7) is 2.66. The van der Waals surface area contributed by atoms with E-state index in [0.717, 1.165) is 5.56 Å². The van der Waals surface area contributed by atoms with Gasteiger partial charge in [0.2, 0.25) is 11.8 Å². The number of amides is 2. The van der Waals surface area contributed by atoms with Crippen molar-refractivity contribution >= 4 is 17.8 Å². The van der Waals surface area contributed by atoms with Crippen LogP contribution < -0.4 is 0 Å². The molecule has 1 heterocycles. The second kappa shape index (κ2) is 6.50. The van der Waals surface area contributed by atoms with Gasteiger partial charge in [0.25, 0.3) is 0 Å². The van der Waals surface area contributed by atoms with Crippen LogP contribution in [0.4, 0.5) is 0 Å². The van der Waals surface area contributed by atoms with E-state index in [4.69, 9.17) is 0 Å². The van der Waals surface area contributed by atoms with Crippen molar-refractivity contribution in [1.29, 1.82) is 0 Å². The van der Waals surface area contributed by atoms with Crippen molar-refractivity contribution in [1.82, 2.24) is 9.80 Å². The van der Waals surface area contributed by atoms with Crippen LogP contribution in [0.5, 0.6) is 0 Å². The fraction of sp³-hybridized carbons (Fsp3) is 0.471. The Bertz CT molecular complexity index is 641. The van der Waals surface area contributed by atoms with E-state index in [2.05, 4.69) is 0 Å². The van der Waals surface area contributed by atoms with E-state index in [1.807, 2.05) is 38.1 Å². The molecule has 0 spiro atoms. The molecule has 1 aromatic rings. The second-order valence-electron chi connectivity index (χ2n) is 6.30. The van der Waals surface area contributed by atoms with E-state index < -0.39 is 17.3 Å². The van der Waals surface area contributed by atoms with Crippen LogP contribution in [0.15, 0.2) is 24.3 Å². The fourth-order valence-corrected chi connectivity index (χ4v) is 3.14. The van der Waals surface area contributed by atoms with Crippen molar-refractivity contribution < 1.29 is 19.5 Å². The van der Waals surface area contributed by atoms with Crippen LogP contribution in [0.3, 0.4) is 0 Å². The summed E-state index contributed by atoms with van der Waals surface area (Å²) in [5.41, 5.74) is 0.165. The summed E-state index contributed by atoms with van der Waals surface area (Å²) in [6, 6.07) is 7.18. The molecule has 0 bridgehead atoms. The average Bonchev–Trinajstić information content (AvgIpc) is 2.68. The topological polar surface area (TPSA) is 77.9 Å². The van der Waals surface area contributed by atoms with E-state index in [1.54, 1.807) is 12.1 Å². The normalized spacial score (nSPS) is 21.3. The first-order valence-electron chi connectivity index (χ1n) is 7.55. The van der Waals surface area contributed by atoms with Gasteiger partial charge in [0, 0.05) is 19.5 Å². The molecule has 0 saturated carbocycles. The Morgan fingerprint density at radius 3 is 2.52 bits per heavy atom. The van der Waals surface area contributed by atoms with Gasteiger partial charge in [-0.3, -0.25) is 19.3 Å². The van der Waals surface area contributed by atoms with Gasteiger partial charge in [-0.15, -0.1) is 0 Å². The Labute approximate surface area is 135 Å². The lowest BCUT2D eigenvalue weighted by atomic mass is 9.74. The molecular formula is C17H22N2O4. The maximum Gasteiger partial charge on any atom is 0.304 e. The Balaban J connectivity index is 2.44. The second-order valence-corrected chi connectivity index (χ2v) is 6.30. The molecule has 2 amide bonds. The maximum absolute atomic E-state index is 13.0. The molecule has 1 aliphatic heterocycles. The molecule has 1 saturated heterocycles. The molecule has 124 valence electrons. The zero-order valence-electron chi connectivity index (χ0n) is 13.7. The molecule has 6 nitrogen and oxygen atoms in total. The van der Waals surface area contributed by atoms with Gasteiger partial charge >= 0.3 is 5.97 Å². The Morgan fingerprint density at radius 1 is 1.30 bits per heavy atom. The molecule has 2 rings (SSSR count). The fourth-order valence-electron chi connectivity index (χ4n) is 3.14. The van der Waals surface area contributed by atoms with E-state index in [9.17, 15) is 19.5 Å². The number of imide groups is 1. The highest BCUT2D eigenvalue weighted by molar-refractivity contribution is 6.10. The van der Waals surface area contributed by atoms with E-state index >= 15 is 0 Å². The minimum absolute atomic E-state index is 0.0869. The zero-order valence-corrected chi connectivity index (χ0v) is 13.7. The Morgan fingerprint density at radius 2 is 1.96 bits per heavy atom. The lowest BCUT2D eigenvalue weighted by Crippen LogP contribution is -2.42. The van der Waals surface area contributed by atoms with Gasteiger partial charge in [0.15, 0.2) is 0 Å². The minimum atomic E-state index is -1.29. The van der Waals surface area contributed by atoms with Gasteiger partial charge in [0.05, 0.1) is 11.8 Å². The number of benzene rings is 1. The lowest BCUT2D eigenvalue weighted by Gasteiger charge is -2.27. The van der Waals surface area contributed by atoms with Crippen LogP contribution in [0.25, 0.3) is 0 Å². The van der Waals surface area contributed by atoms with Crippen LogP contribution >= 0.6 is 0 Å². The first kappa shape index (κ1) is 17.1. The third-order valence-electron chi connectivity index (χ3n) is 4.29. The number of rotatable bonds is 6. The van der Waals surface area contributed by atoms with Crippen LogP contribution in [-0.4, -0.2) is 59.9 Å². The summed E-state index contributed by atoms with van der Waals surface area (Å²) in [5, 5.41) is 9.31. The van der Waals surface area contributed by atoms with Crippen molar-refractivity contribution in [3.63, 3.8) is 0 Å². The molecule has 1 atom stereocenters. The van der Waals surface area contributed by atoms with E-state index in [1.165, 1.54) is 4.90 Å². The molecule has 1 N–H and O–H groups in total. The van der Waals surface area contributed by atoms with Crippen molar-refractivity contribution in [2.75, 3.05) is 27.2 Å². The number of carboxylic acid groups (broad SMARTS) is 1. The molecule has 1 aliphatic rings. The number of aliphatic carboxylic acids is 1. The number of carboxylic acids is 1. The lowest BCUT2D eigenvalue weighted by molar-refractivity contribution is -0.145. The number of aryl methyl sites for hydroxylation is 1. The molecule has 0 aliphatic carbocycles. The van der Waals surface area contributed by atoms with Crippen LogP contribution in [0.2, 0.25) is 0 Å². The Hall–Kier alpha value is -2.21. The number of carbonyl (C=O) groups is 3. The summed E-state index contributed by atoms with van der Waals surface area (Å²) in [5.74, 6) is -1.79. The third kappa shape index (κ3) is 3.27. The smallest absolute Gasteiger partial charge is 0.304 e. The molecule has 23 heavy (non-hydrogen) atoms. The average molecular weight is 318 g/mol. The SMILES string of the molecule is Cc1ccccc1[C@@]1(CC(=O)O)CC(=O)N(CCN(C)C)C1=O. The van der Waals surface area contributed by atoms with Gasteiger partial charge < -0.3 is 10.0 Å². The number of carbonyl (C=O) groups excluding carboxylic acids is 2. The number of likely N-dealkylation sites (N-methyl/N-ethyl adjacent to an activating group) is 1. The number of likely N-dealkylation sites (tertiary alicyclic amines) is 1. The van der Waals surface area contributed by atoms with Crippen molar-refractivity contribution in [2.45, 2.75) is 25.2 Å². The molecule has 0 aromatic heterocycles. The summed E-state index contributed by atoms with van der Waals surface area (Å²) < 4.78 is 0. The molecule has 1 aromatic carbocycles. The highest BCUT2D eigenvalue weighted by Crippen LogP contribution is 2.41. The maximum atomic E-state index is 13.0. The molecular weight excluding hydrogens is 296 g/mol. The monoisotopic (exact) mass is 318 g/mol. The van der Waals surface area contributed by atoms with Crippen molar-refractivity contribution in [3.05, 3.63) is 35.4 Å². The number of hydrogen-bond acceptors (Lipinski definition) is 4. The number of hydrogen-bond donors (Lipinski definition) is 1. The van der Waals surface area contributed by atoms with Crippen molar-refractivity contribution in [3.8, 4) is 0 Å². The largest absolute Gasteiger partial charge is 0.481 e. The van der Waals surface area contributed by atoms with Gasteiger partial charge in [-0.1, -0.05) is 24.3 Å².